The van der Waals surface area contributed by atoms with Gasteiger partial charge in [-0.3, -0.25) is 9.69 Å². The van der Waals surface area contributed by atoms with Crippen LogP contribution in [0.4, 0.5) is 0 Å². The highest BCUT2D eigenvalue weighted by Crippen LogP contribution is 2.37. The van der Waals surface area contributed by atoms with E-state index in [1.54, 1.807) is 0 Å². The maximum atomic E-state index is 13.4. The number of benzene rings is 2. The fourth-order valence-corrected chi connectivity index (χ4v) is 5.47. The van der Waals surface area contributed by atoms with Crippen LogP contribution < -0.4 is 5.32 Å². The van der Waals surface area contributed by atoms with E-state index in [1.165, 1.54) is 23.1 Å². The Morgan fingerprint density at radius 2 is 1.81 bits per heavy atom. The molecule has 0 aromatic heterocycles. The zero-order valence-electron chi connectivity index (χ0n) is 19.0. The molecule has 2 heterocycles. The van der Waals surface area contributed by atoms with Crippen LogP contribution in [0.25, 0.3) is 0 Å². The summed E-state index contributed by atoms with van der Waals surface area (Å²) in [6, 6.07) is 19.6. The number of carbonyl (C=O) groups excluding carboxylic acids is 1. The van der Waals surface area contributed by atoms with Gasteiger partial charge in [0.1, 0.15) is 0 Å². The van der Waals surface area contributed by atoms with Crippen LogP contribution >= 0.6 is 0 Å². The van der Waals surface area contributed by atoms with E-state index >= 15 is 0 Å². The van der Waals surface area contributed by atoms with Gasteiger partial charge in [0, 0.05) is 38.9 Å². The first-order valence-electron chi connectivity index (χ1n) is 11.8. The molecular formula is C27H36N2O2. The maximum absolute atomic E-state index is 13.4. The van der Waals surface area contributed by atoms with E-state index in [-0.39, 0.29) is 5.91 Å². The van der Waals surface area contributed by atoms with Crippen molar-refractivity contribution in [1.29, 1.82) is 0 Å². The molecule has 4 heteroatoms. The summed E-state index contributed by atoms with van der Waals surface area (Å²) in [5.74, 6) is 0.820. The number of amides is 1. The Morgan fingerprint density at radius 1 is 1.10 bits per heavy atom. The molecule has 0 saturated carbocycles. The molecule has 2 aliphatic heterocycles. The van der Waals surface area contributed by atoms with E-state index in [9.17, 15) is 4.79 Å². The average Bonchev–Trinajstić information content (AvgIpc) is 3.14. The molecule has 2 fully saturated rings. The number of aryl methyl sites for hydroxylation is 1. The topological polar surface area (TPSA) is 41.6 Å². The summed E-state index contributed by atoms with van der Waals surface area (Å²) in [4.78, 5) is 16.0. The average molecular weight is 421 g/mol. The Morgan fingerprint density at radius 3 is 2.55 bits per heavy atom. The smallest absolute Gasteiger partial charge is 0.230 e. The minimum absolute atomic E-state index is 0.178. The number of hydrogen-bond acceptors (Lipinski definition) is 3. The molecule has 2 aliphatic rings. The number of likely N-dealkylation sites (tertiary alicyclic amines) is 1. The predicted molar refractivity (Wildman–Crippen MR) is 125 cm³/mol. The van der Waals surface area contributed by atoms with Crippen molar-refractivity contribution in [3.05, 3.63) is 71.3 Å². The second-order valence-corrected chi connectivity index (χ2v) is 9.42. The van der Waals surface area contributed by atoms with E-state index in [1.807, 2.05) is 12.1 Å². The van der Waals surface area contributed by atoms with Gasteiger partial charge in [0.15, 0.2) is 0 Å². The molecule has 0 unspecified atom stereocenters. The van der Waals surface area contributed by atoms with Crippen LogP contribution in [0, 0.1) is 12.8 Å². The minimum atomic E-state index is -0.452. The van der Waals surface area contributed by atoms with Crippen LogP contribution in [0.1, 0.15) is 49.3 Å². The van der Waals surface area contributed by atoms with Crippen molar-refractivity contribution in [1.82, 2.24) is 10.2 Å². The van der Waals surface area contributed by atoms with Gasteiger partial charge >= 0.3 is 0 Å². The molecule has 2 aromatic rings. The van der Waals surface area contributed by atoms with E-state index in [2.05, 4.69) is 66.5 Å². The molecule has 2 saturated heterocycles. The summed E-state index contributed by atoms with van der Waals surface area (Å²) in [5.41, 5.74) is 3.29. The fraction of sp³-hybridized carbons (Fsp3) is 0.519. The molecule has 0 aliphatic carbocycles. The fourth-order valence-electron chi connectivity index (χ4n) is 5.47. The van der Waals surface area contributed by atoms with Crippen molar-refractivity contribution in [2.75, 3.05) is 26.3 Å². The lowest BCUT2D eigenvalue weighted by Crippen LogP contribution is -2.48. The van der Waals surface area contributed by atoms with E-state index in [0.29, 0.717) is 25.2 Å². The molecule has 0 radical (unpaired) electrons. The SMILES string of the molecule is Cc1ccccc1C1(C(=O)NCC[C@H]2C[C@H](C)N(Cc3ccccc3)C2)CCOCC1. The highest BCUT2D eigenvalue weighted by molar-refractivity contribution is 5.88. The van der Waals surface area contributed by atoms with Crippen LogP contribution in [-0.2, 0) is 21.5 Å². The molecule has 0 bridgehead atoms. The van der Waals surface area contributed by atoms with Crippen molar-refractivity contribution in [2.45, 2.75) is 57.5 Å². The molecule has 4 rings (SSSR count). The van der Waals surface area contributed by atoms with Gasteiger partial charge in [-0.05, 0) is 62.1 Å². The molecule has 166 valence electrons. The second-order valence-electron chi connectivity index (χ2n) is 9.42. The molecule has 1 amide bonds. The van der Waals surface area contributed by atoms with Gasteiger partial charge in [0.2, 0.25) is 5.91 Å². The number of carbonyl (C=O) groups is 1. The largest absolute Gasteiger partial charge is 0.381 e. The summed E-state index contributed by atoms with van der Waals surface area (Å²) in [5, 5.41) is 3.31. The van der Waals surface area contributed by atoms with Gasteiger partial charge < -0.3 is 10.1 Å². The third-order valence-electron chi connectivity index (χ3n) is 7.30. The van der Waals surface area contributed by atoms with Crippen LogP contribution in [0.3, 0.4) is 0 Å². The van der Waals surface area contributed by atoms with Crippen molar-refractivity contribution in [2.24, 2.45) is 5.92 Å². The maximum Gasteiger partial charge on any atom is 0.230 e. The summed E-state index contributed by atoms with van der Waals surface area (Å²) < 4.78 is 5.61. The lowest BCUT2D eigenvalue weighted by Gasteiger charge is -2.37. The van der Waals surface area contributed by atoms with Gasteiger partial charge in [-0.15, -0.1) is 0 Å². The summed E-state index contributed by atoms with van der Waals surface area (Å²) in [6.07, 6.45) is 3.77. The number of rotatable bonds is 7. The Bertz CT molecular complexity index is 861. The second kappa shape index (κ2) is 9.97. The number of ether oxygens (including phenoxy) is 1. The van der Waals surface area contributed by atoms with Gasteiger partial charge in [0.25, 0.3) is 0 Å². The van der Waals surface area contributed by atoms with Gasteiger partial charge in [-0.1, -0.05) is 54.6 Å². The Hall–Kier alpha value is -2.17. The predicted octanol–water partition coefficient (Wildman–Crippen LogP) is 4.46. The zero-order valence-corrected chi connectivity index (χ0v) is 19.0. The van der Waals surface area contributed by atoms with Crippen LogP contribution in [0.15, 0.2) is 54.6 Å². The van der Waals surface area contributed by atoms with Crippen LogP contribution in [0.5, 0.6) is 0 Å². The third kappa shape index (κ3) is 5.02. The van der Waals surface area contributed by atoms with Gasteiger partial charge in [-0.25, -0.2) is 0 Å². The van der Waals surface area contributed by atoms with Crippen molar-refractivity contribution in [3.8, 4) is 0 Å². The lowest BCUT2D eigenvalue weighted by molar-refractivity contribution is -0.130. The monoisotopic (exact) mass is 420 g/mol. The van der Waals surface area contributed by atoms with Gasteiger partial charge in [-0.2, -0.15) is 0 Å². The minimum Gasteiger partial charge on any atom is -0.381 e. The molecule has 1 N–H and O–H groups in total. The van der Waals surface area contributed by atoms with Crippen molar-refractivity contribution >= 4 is 5.91 Å². The van der Waals surface area contributed by atoms with Gasteiger partial charge in [0.05, 0.1) is 5.41 Å². The molecule has 31 heavy (non-hydrogen) atoms. The lowest BCUT2D eigenvalue weighted by atomic mass is 9.71. The van der Waals surface area contributed by atoms with Crippen molar-refractivity contribution < 1.29 is 9.53 Å². The van der Waals surface area contributed by atoms with E-state index < -0.39 is 5.41 Å². The third-order valence-corrected chi connectivity index (χ3v) is 7.30. The summed E-state index contributed by atoms with van der Waals surface area (Å²) >= 11 is 0. The molecule has 0 spiro atoms. The molecule has 4 nitrogen and oxygen atoms in total. The quantitative estimate of drug-likeness (QED) is 0.719. The Balaban J connectivity index is 1.33. The van der Waals surface area contributed by atoms with Crippen LogP contribution in [0.2, 0.25) is 0 Å². The standard InChI is InChI=1S/C27H36N2O2/c1-21-8-6-7-11-25(21)27(13-16-31-17-14-27)26(30)28-15-12-24-18-22(2)29(20-24)19-23-9-4-3-5-10-23/h3-11,22,24H,12-20H2,1-2H3,(H,28,30)/t22-,24-/m0/s1. The van der Waals surface area contributed by atoms with E-state index in [4.69, 9.17) is 4.74 Å². The number of nitrogens with one attached hydrogen (secondary N) is 1. The highest BCUT2D eigenvalue weighted by Gasteiger charge is 2.42. The van der Waals surface area contributed by atoms with Crippen molar-refractivity contribution in [3.63, 3.8) is 0 Å². The molecular weight excluding hydrogens is 384 g/mol. The first-order chi connectivity index (χ1) is 15.1. The normalized spacial score (nSPS) is 23.5. The number of nitrogens with zero attached hydrogens (tertiary/aromatic N) is 1. The molecule has 2 atom stereocenters. The zero-order chi connectivity index (χ0) is 21.7. The first-order valence-corrected chi connectivity index (χ1v) is 11.8. The molecule has 2 aromatic carbocycles. The van der Waals surface area contributed by atoms with Crippen LogP contribution in [-0.4, -0.2) is 43.2 Å². The van der Waals surface area contributed by atoms with E-state index in [0.717, 1.165) is 38.9 Å². The summed E-state index contributed by atoms with van der Waals surface area (Å²) in [7, 11) is 0. The first kappa shape index (κ1) is 22.0. The summed E-state index contributed by atoms with van der Waals surface area (Å²) in [6.45, 7) is 8.62. The Kier molecular flexibility index (Phi) is 7.09. The number of hydrogen-bond donors (Lipinski definition) is 1. The Labute approximate surface area is 187 Å². The highest BCUT2D eigenvalue weighted by atomic mass is 16.5.